The van der Waals surface area contributed by atoms with E-state index in [1.165, 1.54) is 0 Å². The largest absolute Gasteiger partial charge is 0.444 e. The molecule has 3 heterocycles. The van der Waals surface area contributed by atoms with E-state index < -0.39 is 5.60 Å². The van der Waals surface area contributed by atoms with Crippen LogP contribution in [0.3, 0.4) is 0 Å². The summed E-state index contributed by atoms with van der Waals surface area (Å²) < 4.78 is 5.47. The number of amides is 1. The highest BCUT2D eigenvalue weighted by Crippen LogP contribution is 2.24. The quantitative estimate of drug-likeness (QED) is 0.842. The zero-order chi connectivity index (χ0) is 20.4. The normalized spacial score (nSPS) is 18.1. The summed E-state index contributed by atoms with van der Waals surface area (Å²) in [5.74, 6) is 1.55. The summed E-state index contributed by atoms with van der Waals surface area (Å²) >= 11 is 0. The first kappa shape index (κ1) is 19.6. The fraction of sp³-hybridized carbons (Fsp3) is 0.545. The Morgan fingerprint density at radius 3 is 2.83 bits per heavy atom. The lowest BCUT2D eigenvalue weighted by atomic mass is 9.92. The number of fused-ring (bicyclic) bond motifs is 1. The average molecular weight is 396 g/mol. The first-order chi connectivity index (χ1) is 13.9. The zero-order valence-corrected chi connectivity index (χ0v) is 17.4. The topological polar surface area (TPSA) is 82.9 Å². The molecule has 4 rings (SSSR count). The van der Waals surface area contributed by atoms with E-state index in [1.807, 2.05) is 31.7 Å². The van der Waals surface area contributed by atoms with Crippen molar-refractivity contribution in [1.82, 2.24) is 14.9 Å². The van der Waals surface area contributed by atoms with Crippen LogP contribution in [-0.4, -0.2) is 57.7 Å². The second-order valence-corrected chi connectivity index (χ2v) is 8.87. The summed E-state index contributed by atoms with van der Waals surface area (Å²) in [5.41, 5.74) is 3.66. The van der Waals surface area contributed by atoms with Crippen LogP contribution in [0, 0.1) is 5.92 Å². The number of carbonyl (C=O) groups is 1. The number of amidine groups is 1. The lowest BCUT2D eigenvalue weighted by molar-refractivity contribution is 0.0182. The zero-order valence-electron chi connectivity index (χ0n) is 17.4. The molecule has 29 heavy (non-hydrogen) atoms. The molecular formula is C22H29N5O2. The third-order valence-electron chi connectivity index (χ3n) is 5.47. The Labute approximate surface area is 171 Å². The van der Waals surface area contributed by atoms with E-state index in [4.69, 9.17) is 9.73 Å². The molecule has 7 heteroatoms. The van der Waals surface area contributed by atoms with E-state index in [0.717, 1.165) is 66.9 Å². The summed E-state index contributed by atoms with van der Waals surface area (Å²) in [7, 11) is 0. The van der Waals surface area contributed by atoms with E-state index in [9.17, 15) is 4.79 Å². The number of aliphatic imine (C=N–C) groups is 2. The number of rotatable bonds is 4. The van der Waals surface area contributed by atoms with E-state index in [2.05, 4.69) is 27.1 Å². The van der Waals surface area contributed by atoms with Gasteiger partial charge in [-0.25, -0.2) is 14.8 Å². The molecule has 7 nitrogen and oxygen atoms in total. The number of piperidine rings is 1. The van der Waals surface area contributed by atoms with Crippen molar-refractivity contribution < 1.29 is 9.53 Å². The van der Waals surface area contributed by atoms with Crippen LogP contribution in [0.4, 0.5) is 4.79 Å². The number of hydrogen-bond donors (Lipinski definition) is 1. The third-order valence-corrected chi connectivity index (χ3v) is 5.47. The highest BCUT2D eigenvalue weighted by atomic mass is 16.6. The van der Waals surface area contributed by atoms with Gasteiger partial charge >= 0.3 is 6.09 Å². The van der Waals surface area contributed by atoms with Crippen LogP contribution in [0.2, 0.25) is 0 Å². The van der Waals surface area contributed by atoms with Crippen molar-refractivity contribution in [2.24, 2.45) is 15.9 Å². The van der Waals surface area contributed by atoms with Crippen LogP contribution in [0.5, 0.6) is 0 Å². The Morgan fingerprint density at radius 2 is 2.07 bits per heavy atom. The summed E-state index contributed by atoms with van der Waals surface area (Å²) in [4.78, 5) is 30.8. The van der Waals surface area contributed by atoms with Crippen molar-refractivity contribution in [2.45, 2.75) is 52.1 Å². The molecule has 1 saturated heterocycles. The number of H-pyrrole nitrogens is 1. The Morgan fingerprint density at radius 1 is 1.28 bits per heavy atom. The minimum atomic E-state index is -0.439. The van der Waals surface area contributed by atoms with Gasteiger partial charge < -0.3 is 14.6 Å². The van der Waals surface area contributed by atoms with Crippen LogP contribution in [0.1, 0.15) is 52.0 Å². The van der Waals surface area contributed by atoms with Gasteiger partial charge in [0.25, 0.3) is 0 Å². The van der Waals surface area contributed by atoms with Gasteiger partial charge in [0.1, 0.15) is 11.4 Å². The Bertz CT molecular complexity index is 946. The average Bonchev–Trinajstić information content (AvgIpc) is 3.34. The maximum Gasteiger partial charge on any atom is 0.410 e. The molecule has 2 aromatic rings. The molecular weight excluding hydrogens is 366 g/mol. The van der Waals surface area contributed by atoms with E-state index in [1.54, 1.807) is 6.33 Å². The number of benzene rings is 1. The Hall–Kier alpha value is -2.70. The second-order valence-electron chi connectivity index (χ2n) is 8.87. The number of hydrogen-bond acceptors (Lipinski definition) is 5. The minimum Gasteiger partial charge on any atom is -0.444 e. The van der Waals surface area contributed by atoms with E-state index in [-0.39, 0.29) is 6.09 Å². The molecule has 2 aliphatic heterocycles. The van der Waals surface area contributed by atoms with Crippen molar-refractivity contribution in [3.8, 4) is 0 Å². The highest BCUT2D eigenvalue weighted by Gasteiger charge is 2.27. The van der Waals surface area contributed by atoms with Crippen molar-refractivity contribution in [2.75, 3.05) is 19.6 Å². The fourth-order valence-corrected chi connectivity index (χ4v) is 3.86. The Balaban J connectivity index is 1.25. The van der Waals surface area contributed by atoms with Gasteiger partial charge in [-0.15, -0.1) is 0 Å². The lowest BCUT2D eigenvalue weighted by Gasteiger charge is -2.33. The highest BCUT2D eigenvalue weighted by molar-refractivity contribution is 6.13. The van der Waals surface area contributed by atoms with Crippen LogP contribution >= 0.6 is 0 Å². The van der Waals surface area contributed by atoms with Crippen LogP contribution < -0.4 is 0 Å². The predicted octanol–water partition coefficient (Wildman–Crippen LogP) is 4.19. The lowest BCUT2D eigenvalue weighted by Crippen LogP contribution is -2.41. The van der Waals surface area contributed by atoms with Gasteiger partial charge in [-0.2, -0.15) is 0 Å². The van der Waals surface area contributed by atoms with Crippen molar-refractivity contribution in [3.05, 3.63) is 30.1 Å². The molecule has 0 atom stereocenters. The molecule has 0 radical (unpaired) electrons. The maximum absolute atomic E-state index is 12.2. The molecule has 0 saturated carbocycles. The number of carbonyl (C=O) groups excluding carboxylic acids is 1. The molecule has 1 fully saturated rings. The predicted molar refractivity (Wildman–Crippen MR) is 115 cm³/mol. The monoisotopic (exact) mass is 395 g/mol. The summed E-state index contributed by atoms with van der Waals surface area (Å²) in [5, 5.41) is 0. The summed E-state index contributed by atoms with van der Waals surface area (Å²) in [6, 6.07) is 6.18. The molecule has 1 N–H and O–H groups in total. The summed E-state index contributed by atoms with van der Waals surface area (Å²) in [6.45, 7) is 7.89. The SMILES string of the molecule is CC(C)(C)OC(=O)N1CCC(CCC2=NCC(c3ccc4[nH]cnc4c3)=N2)CC1. The number of aromatic amines is 1. The van der Waals surface area contributed by atoms with Crippen molar-refractivity contribution in [3.63, 3.8) is 0 Å². The van der Waals surface area contributed by atoms with Crippen molar-refractivity contribution >= 4 is 28.7 Å². The molecule has 0 spiro atoms. The van der Waals surface area contributed by atoms with Crippen LogP contribution in [-0.2, 0) is 4.74 Å². The van der Waals surface area contributed by atoms with Gasteiger partial charge in [-0.1, -0.05) is 6.07 Å². The molecule has 0 unspecified atom stereocenters. The van der Waals surface area contributed by atoms with Gasteiger partial charge in [-0.3, -0.25) is 4.99 Å². The number of aromatic nitrogens is 2. The molecule has 0 aliphatic carbocycles. The third kappa shape index (κ3) is 4.83. The minimum absolute atomic E-state index is 0.195. The second kappa shape index (κ2) is 7.97. The first-order valence-corrected chi connectivity index (χ1v) is 10.4. The molecule has 2 aliphatic rings. The smallest absolute Gasteiger partial charge is 0.410 e. The van der Waals surface area contributed by atoms with E-state index in [0.29, 0.717) is 12.5 Å². The van der Waals surface area contributed by atoms with Gasteiger partial charge in [0, 0.05) is 25.1 Å². The van der Waals surface area contributed by atoms with Gasteiger partial charge in [0.15, 0.2) is 0 Å². The molecule has 0 bridgehead atoms. The molecule has 1 amide bonds. The van der Waals surface area contributed by atoms with Crippen molar-refractivity contribution in [1.29, 1.82) is 0 Å². The van der Waals surface area contributed by atoms with Gasteiger partial charge in [-0.05, 0) is 58.1 Å². The maximum atomic E-state index is 12.2. The number of imidazole rings is 1. The number of nitrogens with one attached hydrogen (secondary N) is 1. The molecule has 154 valence electrons. The number of likely N-dealkylation sites (tertiary alicyclic amines) is 1. The standard InChI is InChI=1S/C22H29N5O2/c1-22(2,3)29-21(28)27-10-8-15(9-11-27)4-7-20-23-13-19(26-20)16-5-6-17-18(12-16)25-14-24-17/h5-6,12,14-15H,4,7-11,13H2,1-3H3,(H,24,25). The number of ether oxygens (including phenoxy) is 1. The Kier molecular flexibility index (Phi) is 5.39. The van der Waals surface area contributed by atoms with E-state index >= 15 is 0 Å². The number of nitrogens with zero attached hydrogens (tertiary/aromatic N) is 4. The van der Waals surface area contributed by atoms with Crippen LogP contribution in [0.25, 0.3) is 11.0 Å². The first-order valence-electron chi connectivity index (χ1n) is 10.4. The van der Waals surface area contributed by atoms with Gasteiger partial charge in [0.2, 0.25) is 0 Å². The fourth-order valence-electron chi connectivity index (χ4n) is 3.86. The van der Waals surface area contributed by atoms with Gasteiger partial charge in [0.05, 0.1) is 29.6 Å². The summed E-state index contributed by atoms with van der Waals surface area (Å²) in [6.07, 6.45) is 5.50. The molecule has 1 aromatic carbocycles. The molecule has 1 aromatic heterocycles. The van der Waals surface area contributed by atoms with Crippen LogP contribution in [0.15, 0.2) is 34.5 Å².